The van der Waals surface area contributed by atoms with Crippen LogP contribution in [0.1, 0.15) is 58.7 Å². The highest BCUT2D eigenvalue weighted by Gasteiger charge is 2.20. The van der Waals surface area contributed by atoms with Gasteiger partial charge < -0.3 is 4.74 Å². The van der Waals surface area contributed by atoms with E-state index in [9.17, 15) is 4.79 Å². The van der Waals surface area contributed by atoms with E-state index in [-0.39, 0.29) is 0 Å². The Morgan fingerprint density at radius 2 is 2.08 bits per heavy atom. The average molecular weight is 408 g/mol. The molecule has 5 nitrogen and oxygen atoms in total. The summed E-state index contributed by atoms with van der Waals surface area (Å²) >= 11 is 3.33. The molecule has 1 aromatic heterocycles. The number of aliphatic imine (C=N–C) groups is 1. The Balaban J connectivity index is 1.76. The smallest absolute Gasteiger partial charge is 0.420 e. The summed E-state index contributed by atoms with van der Waals surface area (Å²) in [7, 11) is 0. The van der Waals surface area contributed by atoms with Gasteiger partial charge in [0.15, 0.2) is 0 Å². The quantitative estimate of drug-likeness (QED) is 0.446. The summed E-state index contributed by atoms with van der Waals surface area (Å²) in [5.74, 6) is 0.706. The molecule has 0 saturated heterocycles. The summed E-state index contributed by atoms with van der Waals surface area (Å²) in [5.41, 5.74) is 0.752. The monoisotopic (exact) mass is 407 g/mol. The normalized spacial score (nSPS) is 14.3. The van der Waals surface area contributed by atoms with E-state index in [2.05, 4.69) is 44.1 Å². The molecule has 0 bridgehead atoms. The SMILES string of the molecule is CC(C)(C)OC(=O)n1cc(Br)nc1CC/C=C/CCCC1=NC=CC1. The maximum Gasteiger partial charge on any atom is 0.420 e. The Labute approximate surface area is 158 Å². The second-order valence-corrected chi connectivity index (χ2v) is 7.83. The number of unbranched alkanes of at least 4 members (excludes halogenated alkanes) is 1. The molecule has 0 amide bonds. The van der Waals surface area contributed by atoms with Crippen molar-refractivity contribution in [2.24, 2.45) is 4.99 Å². The number of aryl methyl sites for hydroxylation is 1. The molecule has 2 heterocycles. The van der Waals surface area contributed by atoms with E-state index < -0.39 is 11.7 Å². The highest BCUT2D eigenvalue weighted by molar-refractivity contribution is 9.10. The fourth-order valence-corrected chi connectivity index (χ4v) is 2.88. The first-order valence-electron chi connectivity index (χ1n) is 8.68. The largest absolute Gasteiger partial charge is 0.443 e. The number of rotatable bonds is 7. The molecule has 0 saturated carbocycles. The second-order valence-electron chi connectivity index (χ2n) is 7.02. The van der Waals surface area contributed by atoms with Crippen LogP contribution in [0.2, 0.25) is 0 Å². The van der Waals surface area contributed by atoms with Crippen molar-refractivity contribution in [1.82, 2.24) is 9.55 Å². The molecule has 25 heavy (non-hydrogen) atoms. The summed E-state index contributed by atoms with van der Waals surface area (Å²) in [6.45, 7) is 5.56. The Morgan fingerprint density at radius 1 is 1.32 bits per heavy atom. The first kappa shape index (κ1) is 19.6. The number of carbonyl (C=O) groups is 1. The van der Waals surface area contributed by atoms with Crippen molar-refractivity contribution in [1.29, 1.82) is 0 Å². The van der Waals surface area contributed by atoms with Gasteiger partial charge in [-0.25, -0.2) is 14.3 Å². The molecule has 0 aliphatic carbocycles. The highest BCUT2D eigenvalue weighted by Crippen LogP contribution is 2.16. The molecular formula is C19H26BrN3O2. The zero-order valence-corrected chi connectivity index (χ0v) is 16.8. The number of imidazole rings is 1. The van der Waals surface area contributed by atoms with Crippen LogP contribution in [0.5, 0.6) is 0 Å². The predicted octanol–water partition coefficient (Wildman–Crippen LogP) is 5.45. The number of hydrogen-bond acceptors (Lipinski definition) is 4. The van der Waals surface area contributed by atoms with E-state index in [1.807, 2.05) is 27.0 Å². The highest BCUT2D eigenvalue weighted by atomic mass is 79.9. The van der Waals surface area contributed by atoms with Gasteiger partial charge in [-0.1, -0.05) is 18.2 Å². The molecule has 0 spiro atoms. The average Bonchev–Trinajstić information content (AvgIpc) is 3.14. The van der Waals surface area contributed by atoms with Crippen molar-refractivity contribution in [3.8, 4) is 0 Å². The number of hydrogen-bond donors (Lipinski definition) is 0. The van der Waals surface area contributed by atoms with Gasteiger partial charge in [-0.05, 0) is 62.4 Å². The van der Waals surface area contributed by atoms with E-state index in [0.29, 0.717) is 16.8 Å². The third-order valence-corrected chi connectivity index (χ3v) is 3.98. The van der Waals surface area contributed by atoms with Gasteiger partial charge in [0.2, 0.25) is 0 Å². The summed E-state index contributed by atoms with van der Waals surface area (Å²) in [6.07, 6.45) is 15.4. The minimum absolute atomic E-state index is 0.393. The van der Waals surface area contributed by atoms with Crippen molar-refractivity contribution < 1.29 is 9.53 Å². The Morgan fingerprint density at radius 3 is 2.76 bits per heavy atom. The lowest BCUT2D eigenvalue weighted by atomic mass is 10.1. The second kappa shape index (κ2) is 9.13. The van der Waals surface area contributed by atoms with E-state index in [4.69, 9.17) is 4.74 Å². The minimum atomic E-state index is -0.524. The Hall–Kier alpha value is -1.69. The fraction of sp³-hybridized carbons (Fsp3) is 0.526. The minimum Gasteiger partial charge on any atom is -0.443 e. The maximum atomic E-state index is 12.2. The third-order valence-electron chi connectivity index (χ3n) is 3.59. The number of allylic oxidation sites excluding steroid dienone is 3. The van der Waals surface area contributed by atoms with Gasteiger partial charge >= 0.3 is 6.09 Å². The van der Waals surface area contributed by atoms with Gasteiger partial charge in [0.05, 0.1) is 0 Å². The van der Waals surface area contributed by atoms with Crippen LogP contribution in [-0.2, 0) is 11.2 Å². The van der Waals surface area contributed by atoms with Crippen molar-refractivity contribution in [2.75, 3.05) is 0 Å². The van der Waals surface area contributed by atoms with Gasteiger partial charge in [0.25, 0.3) is 0 Å². The molecule has 0 atom stereocenters. The van der Waals surface area contributed by atoms with Crippen LogP contribution < -0.4 is 0 Å². The summed E-state index contributed by atoms with van der Waals surface area (Å²) in [4.78, 5) is 20.9. The van der Waals surface area contributed by atoms with Crippen LogP contribution in [-0.4, -0.2) is 27.0 Å². The van der Waals surface area contributed by atoms with E-state index in [1.54, 1.807) is 6.20 Å². The van der Waals surface area contributed by atoms with Gasteiger partial charge in [-0.15, -0.1) is 0 Å². The molecule has 6 heteroatoms. The van der Waals surface area contributed by atoms with Crippen LogP contribution in [0.15, 0.2) is 40.2 Å². The summed E-state index contributed by atoms with van der Waals surface area (Å²) in [5, 5.41) is 0. The summed E-state index contributed by atoms with van der Waals surface area (Å²) in [6, 6.07) is 0. The molecule has 1 aromatic rings. The Kier molecular flexibility index (Phi) is 7.17. The third kappa shape index (κ3) is 6.98. The van der Waals surface area contributed by atoms with Gasteiger partial charge in [-0.2, -0.15) is 0 Å². The predicted molar refractivity (Wildman–Crippen MR) is 104 cm³/mol. The number of halogens is 1. The molecule has 2 rings (SSSR count). The van der Waals surface area contributed by atoms with E-state index in [1.165, 1.54) is 10.3 Å². The van der Waals surface area contributed by atoms with Crippen LogP contribution in [0, 0.1) is 0 Å². The summed E-state index contributed by atoms with van der Waals surface area (Å²) < 4.78 is 7.54. The van der Waals surface area contributed by atoms with Crippen molar-refractivity contribution in [2.45, 2.75) is 64.9 Å². The fourth-order valence-electron chi connectivity index (χ4n) is 2.47. The Bertz CT molecular complexity index is 681. The molecule has 0 unspecified atom stereocenters. The number of carbonyl (C=O) groups excluding carboxylic acids is 1. The van der Waals surface area contributed by atoms with Crippen molar-refractivity contribution in [3.05, 3.63) is 41.1 Å². The number of aromatic nitrogens is 2. The lowest BCUT2D eigenvalue weighted by Crippen LogP contribution is -2.27. The molecule has 1 aliphatic rings. The standard InChI is InChI=1S/C19H26BrN3O2/c1-19(2,3)25-18(24)23-14-16(20)22-17(23)12-8-6-4-5-7-10-15-11-9-13-21-15/h4,6,9,13-14H,5,7-8,10-12H2,1-3H3/b6-4+. The van der Waals surface area contributed by atoms with Crippen LogP contribution >= 0.6 is 15.9 Å². The van der Waals surface area contributed by atoms with Gasteiger partial charge in [0, 0.05) is 31.0 Å². The number of ether oxygens (including phenoxy) is 1. The topological polar surface area (TPSA) is 56.5 Å². The van der Waals surface area contributed by atoms with Crippen LogP contribution in [0.25, 0.3) is 0 Å². The van der Waals surface area contributed by atoms with Crippen molar-refractivity contribution in [3.63, 3.8) is 0 Å². The van der Waals surface area contributed by atoms with Gasteiger partial charge in [0.1, 0.15) is 16.0 Å². The molecule has 136 valence electrons. The zero-order chi connectivity index (χ0) is 18.3. The lowest BCUT2D eigenvalue weighted by molar-refractivity contribution is 0.0532. The maximum absolute atomic E-state index is 12.2. The van der Waals surface area contributed by atoms with Gasteiger partial charge in [-0.3, -0.25) is 4.99 Å². The molecule has 1 aliphatic heterocycles. The molecule has 0 N–H and O–H groups in total. The van der Waals surface area contributed by atoms with E-state index >= 15 is 0 Å². The zero-order valence-electron chi connectivity index (χ0n) is 15.2. The van der Waals surface area contributed by atoms with Crippen molar-refractivity contribution >= 4 is 27.7 Å². The molecule has 0 radical (unpaired) electrons. The van der Waals surface area contributed by atoms with Crippen LogP contribution in [0.4, 0.5) is 4.79 Å². The lowest BCUT2D eigenvalue weighted by Gasteiger charge is -2.19. The van der Waals surface area contributed by atoms with Crippen LogP contribution in [0.3, 0.4) is 0 Å². The first-order chi connectivity index (χ1) is 11.8. The molecule has 0 aromatic carbocycles. The first-order valence-corrected chi connectivity index (χ1v) is 9.47. The number of nitrogens with zero attached hydrogens (tertiary/aromatic N) is 3. The molecular weight excluding hydrogens is 382 g/mol. The molecule has 0 fully saturated rings. The van der Waals surface area contributed by atoms with E-state index in [0.717, 1.165) is 32.1 Å².